The molecule has 1 aliphatic rings. The van der Waals surface area contributed by atoms with Crippen LogP contribution in [0.25, 0.3) is 0 Å². The fourth-order valence-electron chi connectivity index (χ4n) is 2.99. The van der Waals surface area contributed by atoms with E-state index in [0.29, 0.717) is 24.8 Å². The fourth-order valence-corrected chi connectivity index (χ4v) is 2.99. The molecule has 0 saturated carbocycles. The predicted molar refractivity (Wildman–Crippen MR) is 85.8 cm³/mol. The van der Waals surface area contributed by atoms with Gasteiger partial charge in [0.05, 0.1) is 0 Å². The van der Waals surface area contributed by atoms with E-state index in [1.54, 1.807) is 4.68 Å². The van der Waals surface area contributed by atoms with Crippen LogP contribution in [0.5, 0.6) is 0 Å². The van der Waals surface area contributed by atoms with E-state index in [0.717, 1.165) is 18.7 Å². The Kier molecular flexibility index (Phi) is 4.66. The van der Waals surface area contributed by atoms with Crippen LogP contribution in [0, 0.1) is 6.92 Å². The number of nitrogens with zero attached hydrogens (tertiary/aromatic N) is 5. The summed E-state index contributed by atoms with van der Waals surface area (Å²) in [6, 6.07) is 9.89. The van der Waals surface area contributed by atoms with Crippen LogP contribution < -0.4 is 5.32 Å². The summed E-state index contributed by atoms with van der Waals surface area (Å²) in [7, 11) is 0. The summed E-state index contributed by atoms with van der Waals surface area (Å²) in [5, 5.41) is 15.0. The molecule has 3 rings (SSSR count). The third-order valence-electron chi connectivity index (χ3n) is 4.19. The van der Waals surface area contributed by atoms with Crippen LogP contribution in [0.1, 0.15) is 24.4 Å². The molecular weight excluding hydrogens is 292 g/mol. The third-order valence-corrected chi connectivity index (χ3v) is 4.19. The molecule has 7 heteroatoms. The van der Waals surface area contributed by atoms with Crippen molar-refractivity contribution in [3.05, 3.63) is 41.7 Å². The lowest BCUT2D eigenvalue weighted by atomic mass is 10.0. The Hall–Kier alpha value is -2.28. The van der Waals surface area contributed by atoms with Gasteiger partial charge in [0.15, 0.2) is 0 Å². The number of aryl methyl sites for hydroxylation is 1. The van der Waals surface area contributed by atoms with Crippen molar-refractivity contribution in [2.45, 2.75) is 32.4 Å². The molecule has 1 amide bonds. The molecule has 2 heterocycles. The van der Waals surface area contributed by atoms with E-state index >= 15 is 0 Å². The molecule has 2 unspecified atom stereocenters. The number of benzene rings is 1. The van der Waals surface area contributed by atoms with Crippen molar-refractivity contribution >= 4 is 5.91 Å². The zero-order valence-electron chi connectivity index (χ0n) is 13.5. The first-order chi connectivity index (χ1) is 11.1. The van der Waals surface area contributed by atoms with Crippen molar-refractivity contribution in [1.82, 2.24) is 30.4 Å². The van der Waals surface area contributed by atoms with Crippen molar-refractivity contribution < 1.29 is 4.79 Å². The van der Waals surface area contributed by atoms with Gasteiger partial charge in [-0.2, -0.15) is 0 Å². The van der Waals surface area contributed by atoms with Gasteiger partial charge in [-0.15, -0.1) is 5.10 Å². The molecule has 122 valence electrons. The number of nitrogens with one attached hydrogen (secondary N) is 1. The molecule has 1 saturated heterocycles. The summed E-state index contributed by atoms with van der Waals surface area (Å²) in [6.45, 7) is 6.17. The summed E-state index contributed by atoms with van der Waals surface area (Å²) in [5.74, 6) is 0.736. The average Bonchev–Trinajstić information content (AvgIpc) is 2.99. The maximum atomic E-state index is 13.1. The van der Waals surface area contributed by atoms with Gasteiger partial charge in [-0.25, -0.2) is 4.68 Å². The lowest BCUT2D eigenvalue weighted by Gasteiger charge is -2.34. The highest BCUT2D eigenvalue weighted by Gasteiger charge is 2.30. The lowest BCUT2D eigenvalue weighted by molar-refractivity contribution is -0.136. The van der Waals surface area contributed by atoms with E-state index in [1.807, 2.05) is 42.2 Å². The molecule has 2 atom stereocenters. The Labute approximate surface area is 135 Å². The lowest BCUT2D eigenvalue weighted by Crippen LogP contribution is -2.53. The first kappa shape index (κ1) is 15.6. The molecule has 7 nitrogen and oxygen atoms in total. The average molecular weight is 314 g/mol. The van der Waals surface area contributed by atoms with Crippen molar-refractivity contribution in [3.63, 3.8) is 0 Å². The fraction of sp³-hybridized carbons (Fsp3) is 0.500. The molecule has 0 aliphatic carbocycles. The molecule has 2 aromatic rings. The monoisotopic (exact) mass is 314 g/mol. The van der Waals surface area contributed by atoms with Crippen LogP contribution in [0.2, 0.25) is 0 Å². The number of piperazine rings is 1. The molecule has 0 radical (unpaired) electrons. The van der Waals surface area contributed by atoms with E-state index < -0.39 is 6.04 Å². The number of rotatable bonds is 4. The zero-order valence-corrected chi connectivity index (χ0v) is 13.5. The van der Waals surface area contributed by atoms with Gasteiger partial charge in [0, 0.05) is 32.1 Å². The summed E-state index contributed by atoms with van der Waals surface area (Å²) in [4.78, 5) is 15.0. The van der Waals surface area contributed by atoms with E-state index in [4.69, 9.17) is 0 Å². The third kappa shape index (κ3) is 3.56. The summed E-state index contributed by atoms with van der Waals surface area (Å²) in [6.07, 6.45) is 0.587. The molecule has 0 spiro atoms. The van der Waals surface area contributed by atoms with Crippen LogP contribution in [0.4, 0.5) is 0 Å². The highest BCUT2D eigenvalue weighted by molar-refractivity contribution is 5.81. The van der Waals surface area contributed by atoms with E-state index in [9.17, 15) is 4.79 Å². The molecule has 23 heavy (non-hydrogen) atoms. The van der Waals surface area contributed by atoms with Crippen molar-refractivity contribution in [2.24, 2.45) is 0 Å². The number of aromatic nitrogens is 4. The molecule has 1 fully saturated rings. The van der Waals surface area contributed by atoms with E-state index in [-0.39, 0.29) is 5.91 Å². The van der Waals surface area contributed by atoms with Gasteiger partial charge in [0.2, 0.25) is 5.91 Å². The number of hydrogen-bond acceptors (Lipinski definition) is 5. The SMILES string of the molecule is Cc1nnnn1C(Cc1ccccc1)C(=O)N1CCNC(C)C1. The van der Waals surface area contributed by atoms with Crippen LogP contribution in [-0.2, 0) is 11.2 Å². The molecule has 1 aromatic carbocycles. The van der Waals surface area contributed by atoms with Gasteiger partial charge >= 0.3 is 0 Å². The molecule has 1 N–H and O–H groups in total. The minimum Gasteiger partial charge on any atom is -0.338 e. The maximum absolute atomic E-state index is 13.1. The smallest absolute Gasteiger partial charge is 0.248 e. The molecule has 0 bridgehead atoms. The van der Waals surface area contributed by atoms with Crippen LogP contribution in [0.15, 0.2) is 30.3 Å². The Morgan fingerprint density at radius 2 is 2.17 bits per heavy atom. The second-order valence-corrected chi connectivity index (χ2v) is 6.02. The second-order valence-electron chi connectivity index (χ2n) is 6.02. The predicted octanol–water partition coefficient (Wildman–Crippen LogP) is 0.586. The first-order valence-corrected chi connectivity index (χ1v) is 7.95. The van der Waals surface area contributed by atoms with E-state index in [2.05, 4.69) is 27.8 Å². The Bertz CT molecular complexity index is 656. The quantitative estimate of drug-likeness (QED) is 0.894. The summed E-state index contributed by atoms with van der Waals surface area (Å²) < 4.78 is 1.64. The topological polar surface area (TPSA) is 75.9 Å². The van der Waals surface area contributed by atoms with Gasteiger partial charge in [-0.1, -0.05) is 30.3 Å². The van der Waals surface area contributed by atoms with E-state index in [1.165, 1.54) is 0 Å². The standard InChI is InChI=1S/C16H22N6O/c1-12-11-21(9-8-17-12)16(23)15(22-13(2)18-19-20-22)10-14-6-4-3-5-7-14/h3-7,12,15,17H,8-11H2,1-2H3. The Morgan fingerprint density at radius 3 is 2.83 bits per heavy atom. The highest BCUT2D eigenvalue weighted by atomic mass is 16.2. The van der Waals surface area contributed by atoms with Gasteiger partial charge in [0.25, 0.3) is 0 Å². The van der Waals surface area contributed by atoms with Gasteiger partial charge in [-0.05, 0) is 29.8 Å². The number of carbonyl (C=O) groups excluding carboxylic acids is 1. The number of carbonyl (C=O) groups is 1. The molecular formula is C16H22N6O. The van der Waals surface area contributed by atoms with Crippen molar-refractivity contribution in [3.8, 4) is 0 Å². The van der Waals surface area contributed by atoms with Crippen LogP contribution in [-0.4, -0.2) is 56.7 Å². The second kappa shape index (κ2) is 6.87. The maximum Gasteiger partial charge on any atom is 0.248 e. The summed E-state index contributed by atoms with van der Waals surface area (Å²) >= 11 is 0. The van der Waals surface area contributed by atoms with Crippen molar-refractivity contribution in [2.75, 3.05) is 19.6 Å². The molecule has 1 aromatic heterocycles. The number of tetrazole rings is 1. The number of amides is 1. The van der Waals surface area contributed by atoms with Gasteiger partial charge in [-0.3, -0.25) is 4.79 Å². The van der Waals surface area contributed by atoms with Crippen molar-refractivity contribution in [1.29, 1.82) is 0 Å². The van der Waals surface area contributed by atoms with Crippen LogP contribution >= 0.6 is 0 Å². The minimum atomic E-state index is -0.405. The minimum absolute atomic E-state index is 0.0811. The van der Waals surface area contributed by atoms with Crippen LogP contribution in [0.3, 0.4) is 0 Å². The molecule has 1 aliphatic heterocycles. The number of hydrogen-bond donors (Lipinski definition) is 1. The highest BCUT2D eigenvalue weighted by Crippen LogP contribution is 2.18. The van der Waals surface area contributed by atoms with Gasteiger partial charge in [0.1, 0.15) is 11.9 Å². The van der Waals surface area contributed by atoms with Gasteiger partial charge < -0.3 is 10.2 Å². The Balaban J connectivity index is 1.85. The first-order valence-electron chi connectivity index (χ1n) is 7.95. The zero-order chi connectivity index (χ0) is 16.2. The normalized spacial score (nSPS) is 19.6. The largest absolute Gasteiger partial charge is 0.338 e. The summed E-state index contributed by atoms with van der Waals surface area (Å²) in [5.41, 5.74) is 1.10. The Morgan fingerprint density at radius 1 is 1.39 bits per heavy atom.